The zero-order chi connectivity index (χ0) is 17.4. The second-order valence-corrected chi connectivity index (χ2v) is 7.45. The number of carbonyl (C=O) groups is 1. The third kappa shape index (κ3) is 4.01. The molecule has 0 amide bonds. The van der Waals surface area contributed by atoms with E-state index >= 15 is 0 Å². The van der Waals surface area contributed by atoms with E-state index in [1.807, 2.05) is 13.8 Å². The van der Waals surface area contributed by atoms with Gasteiger partial charge in [-0.3, -0.25) is 14.2 Å². The highest BCUT2D eigenvalue weighted by molar-refractivity contribution is 7.90. The maximum absolute atomic E-state index is 12.6. The molecule has 9 nitrogen and oxygen atoms in total. The van der Waals surface area contributed by atoms with Crippen LogP contribution in [0.2, 0.25) is 0 Å². The molecule has 1 saturated heterocycles. The van der Waals surface area contributed by atoms with Crippen LogP contribution in [0.4, 0.5) is 5.69 Å². The van der Waals surface area contributed by atoms with Gasteiger partial charge in [0.05, 0.1) is 29.3 Å². The topological polar surface area (TPSA) is 114 Å². The van der Waals surface area contributed by atoms with E-state index in [9.17, 15) is 13.2 Å². The molecule has 0 bridgehead atoms. The van der Waals surface area contributed by atoms with Crippen LogP contribution < -0.4 is 4.72 Å². The first-order chi connectivity index (χ1) is 10.6. The third-order valence-electron chi connectivity index (χ3n) is 3.62. The molecule has 0 spiro atoms. The van der Waals surface area contributed by atoms with E-state index in [4.69, 9.17) is 9.84 Å². The van der Waals surface area contributed by atoms with Gasteiger partial charge in [-0.2, -0.15) is 17.8 Å². The number of nitrogens with zero attached hydrogens (tertiary/aromatic N) is 3. The molecule has 10 heteroatoms. The number of nitrogens with one attached hydrogen (secondary N) is 1. The molecule has 1 aliphatic heterocycles. The monoisotopic (exact) mass is 346 g/mol. The first kappa shape index (κ1) is 17.7. The fourth-order valence-corrected chi connectivity index (χ4v) is 4.14. The van der Waals surface area contributed by atoms with Gasteiger partial charge >= 0.3 is 16.2 Å². The Bertz CT molecular complexity index is 689. The van der Waals surface area contributed by atoms with Gasteiger partial charge in [0.15, 0.2) is 0 Å². The largest absolute Gasteiger partial charge is 0.480 e. The molecule has 0 radical (unpaired) electrons. The summed E-state index contributed by atoms with van der Waals surface area (Å²) in [7, 11) is -3.76. The van der Waals surface area contributed by atoms with E-state index in [1.165, 1.54) is 8.99 Å². The van der Waals surface area contributed by atoms with Crippen molar-refractivity contribution >= 4 is 21.9 Å². The molecule has 2 rings (SSSR count). The molecule has 0 unspecified atom stereocenters. The molecule has 2 atom stereocenters. The van der Waals surface area contributed by atoms with Crippen LogP contribution in [0, 0.1) is 13.8 Å². The Hall–Kier alpha value is -1.65. The van der Waals surface area contributed by atoms with Gasteiger partial charge in [0.1, 0.15) is 6.54 Å². The fourth-order valence-electron chi connectivity index (χ4n) is 2.65. The van der Waals surface area contributed by atoms with Crippen molar-refractivity contribution in [2.45, 2.75) is 46.4 Å². The van der Waals surface area contributed by atoms with E-state index < -0.39 is 16.2 Å². The number of aromatic nitrogens is 2. The zero-order valence-corrected chi connectivity index (χ0v) is 14.4. The fraction of sp³-hybridized carbons (Fsp3) is 0.692. The van der Waals surface area contributed by atoms with Crippen LogP contribution in [0.5, 0.6) is 0 Å². The maximum Gasteiger partial charge on any atom is 0.325 e. The number of morpholine rings is 1. The average molecular weight is 346 g/mol. The number of ether oxygens (including phenoxy) is 1. The lowest BCUT2D eigenvalue weighted by atomic mass is 10.3. The summed E-state index contributed by atoms with van der Waals surface area (Å²) in [4.78, 5) is 10.8. The van der Waals surface area contributed by atoms with E-state index in [0.29, 0.717) is 17.1 Å². The molecule has 0 aromatic carbocycles. The number of aliphatic carboxylic acids is 1. The minimum absolute atomic E-state index is 0.188. The Morgan fingerprint density at radius 2 is 1.91 bits per heavy atom. The number of hydrogen-bond donors (Lipinski definition) is 2. The van der Waals surface area contributed by atoms with Gasteiger partial charge in [-0.25, -0.2) is 0 Å². The van der Waals surface area contributed by atoms with Gasteiger partial charge in [0.25, 0.3) is 0 Å². The molecule has 0 aliphatic carbocycles. The summed E-state index contributed by atoms with van der Waals surface area (Å²) in [5.74, 6) is -1.04. The third-order valence-corrected chi connectivity index (χ3v) is 5.06. The van der Waals surface area contributed by atoms with Crippen LogP contribution in [0.3, 0.4) is 0 Å². The van der Waals surface area contributed by atoms with Crippen molar-refractivity contribution in [1.82, 2.24) is 14.1 Å². The van der Waals surface area contributed by atoms with E-state index in [0.717, 1.165) is 0 Å². The van der Waals surface area contributed by atoms with Crippen LogP contribution in [0.1, 0.15) is 25.2 Å². The average Bonchev–Trinajstić information content (AvgIpc) is 2.64. The van der Waals surface area contributed by atoms with Gasteiger partial charge in [-0.15, -0.1) is 0 Å². The number of carboxylic acid groups (broad SMARTS) is 1. The Kier molecular flexibility index (Phi) is 4.97. The van der Waals surface area contributed by atoms with E-state index in [-0.39, 0.29) is 31.8 Å². The standard InChI is InChI=1S/C13H22N4O5S/c1-8-5-16(6-9(2)22-8)23(20,21)15-13-10(3)14-17(11(13)4)7-12(18)19/h8-9,15H,5-7H2,1-4H3,(H,18,19)/t8-,9+. The van der Waals surface area contributed by atoms with Crippen LogP contribution in [0.15, 0.2) is 0 Å². The molecule has 2 heterocycles. The number of hydrogen-bond acceptors (Lipinski definition) is 5. The van der Waals surface area contributed by atoms with Crippen LogP contribution in [-0.4, -0.2) is 58.9 Å². The van der Waals surface area contributed by atoms with Gasteiger partial charge in [-0.1, -0.05) is 0 Å². The number of aryl methyl sites for hydroxylation is 1. The lowest BCUT2D eigenvalue weighted by Crippen LogP contribution is -2.50. The zero-order valence-electron chi connectivity index (χ0n) is 13.6. The summed E-state index contributed by atoms with van der Waals surface area (Å²) >= 11 is 0. The van der Waals surface area contributed by atoms with Crippen LogP contribution in [0.25, 0.3) is 0 Å². The second kappa shape index (κ2) is 6.46. The minimum Gasteiger partial charge on any atom is -0.480 e. The molecule has 1 aromatic rings. The van der Waals surface area contributed by atoms with Crippen molar-refractivity contribution in [2.75, 3.05) is 17.8 Å². The molecule has 1 fully saturated rings. The first-order valence-corrected chi connectivity index (χ1v) is 8.73. The molecular formula is C13H22N4O5S. The predicted molar refractivity (Wildman–Crippen MR) is 83.5 cm³/mol. The van der Waals surface area contributed by atoms with Crippen molar-refractivity contribution in [2.24, 2.45) is 0 Å². The Morgan fingerprint density at radius 1 is 1.35 bits per heavy atom. The highest BCUT2D eigenvalue weighted by Gasteiger charge is 2.32. The number of carboxylic acids is 1. The van der Waals surface area contributed by atoms with Crippen molar-refractivity contribution in [3.63, 3.8) is 0 Å². The number of rotatable bonds is 5. The Balaban J connectivity index is 2.24. The summed E-state index contributed by atoms with van der Waals surface area (Å²) in [6.07, 6.45) is -0.375. The normalized spacial score (nSPS) is 23.0. The number of anilines is 1. The Labute approximate surface area is 135 Å². The predicted octanol–water partition coefficient (Wildman–Crippen LogP) is 0.350. The molecule has 1 aliphatic rings. The van der Waals surface area contributed by atoms with Crippen molar-refractivity contribution < 1.29 is 23.1 Å². The van der Waals surface area contributed by atoms with Crippen molar-refractivity contribution in [1.29, 1.82) is 0 Å². The summed E-state index contributed by atoms with van der Waals surface area (Å²) in [5.41, 5.74) is 1.21. The van der Waals surface area contributed by atoms with Crippen molar-refractivity contribution in [3.05, 3.63) is 11.4 Å². The summed E-state index contributed by atoms with van der Waals surface area (Å²) in [6.45, 7) is 7.11. The Morgan fingerprint density at radius 3 is 2.43 bits per heavy atom. The van der Waals surface area contributed by atoms with Gasteiger partial charge < -0.3 is 9.84 Å². The highest BCUT2D eigenvalue weighted by atomic mass is 32.2. The second-order valence-electron chi connectivity index (χ2n) is 5.78. The van der Waals surface area contributed by atoms with Gasteiger partial charge in [0.2, 0.25) is 0 Å². The first-order valence-electron chi connectivity index (χ1n) is 7.29. The van der Waals surface area contributed by atoms with Crippen LogP contribution in [-0.2, 0) is 26.3 Å². The quantitative estimate of drug-likeness (QED) is 0.795. The molecule has 1 aromatic heterocycles. The van der Waals surface area contributed by atoms with Crippen molar-refractivity contribution in [3.8, 4) is 0 Å². The van der Waals surface area contributed by atoms with Crippen LogP contribution >= 0.6 is 0 Å². The highest BCUT2D eigenvalue weighted by Crippen LogP contribution is 2.23. The van der Waals surface area contributed by atoms with Gasteiger partial charge in [0, 0.05) is 13.1 Å². The lowest BCUT2D eigenvalue weighted by Gasteiger charge is -2.34. The van der Waals surface area contributed by atoms with E-state index in [1.54, 1.807) is 13.8 Å². The van der Waals surface area contributed by atoms with Gasteiger partial charge in [-0.05, 0) is 27.7 Å². The summed E-state index contributed by atoms with van der Waals surface area (Å²) in [6, 6.07) is 0. The lowest BCUT2D eigenvalue weighted by molar-refractivity contribution is -0.137. The summed E-state index contributed by atoms with van der Waals surface area (Å²) < 4.78 is 35.8. The molecular weight excluding hydrogens is 324 g/mol. The van der Waals surface area contributed by atoms with E-state index in [2.05, 4.69) is 9.82 Å². The summed E-state index contributed by atoms with van der Waals surface area (Å²) in [5, 5.41) is 12.9. The SMILES string of the molecule is Cc1nn(CC(=O)O)c(C)c1NS(=O)(=O)N1C[C@@H](C)O[C@@H](C)C1. The minimum atomic E-state index is -3.76. The molecule has 2 N–H and O–H groups in total. The molecule has 0 saturated carbocycles. The molecule has 23 heavy (non-hydrogen) atoms. The molecule has 130 valence electrons. The maximum atomic E-state index is 12.6. The smallest absolute Gasteiger partial charge is 0.325 e.